The Balaban J connectivity index is 0. The highest BCUT2D eigenvalue weighted by Gasteiger charge is 2.05. The molecular weight excluding hydrogens is 220 g/mol. The zero-order chi connectivity index (χ0) is 10.1. The van der Waals surface area contributed by atoms with E-state index < -0.39 is 0 Å². The van der Waals surface area contributed by atoms with Crippen LogP contribution >= 0.6 is 24.2 Å². The molecule has 0 spiro atoms. The van der Waals surface area contributed by atoms with Crippen molar-refractivity contribution in [2.75, 3.05) is 25.1 Å². The summed E-state index contributed by atoms with van der Waals surface area (Å²) in [6.07, 6.45) is 1.05. The molecule has 0 rings (SSSR count). The number of amides is 1. The first-order valence-corrected chi connectivity index (χ1v) is 5.87. The van der Waals surface area contributed by atoms with Crippen molar-refractivity contribution in [3.63, 3.8) is 0 Å². The molecule has 0 radical (unpaired) electrons. The van der Waals surface area contributed by atoms with Gasteiger partial charge in [-0.2, -0.15) is 11.8 Å². The minimum atomic E-state index is 0. The van der Waals surface area contributed by atoms with E-state index in [1.807, 2.05) is 18.7 Å². The molecule has 1 amide bonds. The fourth-order valence-electron chi connectivity index (χ4n) is 0.963. The second-order valence-electron chi connectivity index (χ2n) is 2.98. The Morgan fingerprint density at radius 1 is 1.50 bits per heavy atom. The van der Waals surface area contributed by atoms with Crippen LogP contribution in [0.3, 0.4) is 0 Å². The lowest BCUT2D eigenvalue weighted by Gasteiger charge is -2.12. The Kier molecular flexibility index (Phi) is 13.1. The molecule has 3 nitrogen and oxygen atoms in total. The van der Waals surface area contributed by atoms with E-state index in [1.165, 1.54) is 0 Å². The van der Waals surface area contributed by atoms with Crippen LogP contribution in [-0.4, -0.2) is 37.0 Å². The van der Waals surface area contributed by atoms with E-state index in [1.54, 1.807) is 7.05 Å². The van der Waals surface area contributed by atoms with Gasteiger partial charge in [0.15, 0.2) is 0 Å². The van der Waals surface area contributed by atoms with Crippen molar-refractivity contribution in [2.45, 2.75) is 26.3 Å². The molecule has 1 unspecified atom stereocenters. The lowest BCUT2D eigenvalue weighted by molar-refractivity contribution is -0.120. The molecule has 0 aromatic carbocycles. The van der Waals surface area contributed by atoms with Crippen molar-refractivity contribution in [2.24, 2.45) is 0 Å². The van der Waals surface area contributed by atoms with Crippen LogP contribution in [0.5, 0.6) is 0 Å². The second kappa shape index (κ2) is 11.1. The third kappa shape index (κ3) is 10.2. The van der Waals surface area contributed by atoms with Gasteiger partial charge < -0.3 is 10.6 Å². The predicted molar refractivity (Wildman–Crippen MR) is 66.4 cm³/mol. The molecule has 1 atom stereocenters. The van der Waals surface area contributed by atoms with Gasteiger partial charge >= 0.3 is 0 Å². The third-order valence-corrected chi connectivity index (χ3v) is 2.58. The smallest absolute Gasteiger partial charge is 0.234 e. The van der Waals surface area contributed by atoms with Gasteiger partial charge in [-0.3, -0.25) is 4.79 Å². The number of rotatable bonds is 7. The summed E-state index contributed by atoms with van der Waals surface area (Å²) in [7, 11) is 1.77. The van der Waals surface area contributed by atoms with Crippen molar-refractivity contribution in [3.8, 4) is 0 Å². The highest BCUT2D eigenvalue weighted by molar-refractivity contribution is 7.99. The summed E-state index contributed by atoms with van der Waals surface area (Å²) in [5.41, 5.74) is 0. The Hall–Kier alpha value is 0.0700. The summed E-state index contributed by atoms with van der Waals surface area (Å²) in [6, 6.07) is 0.292. The van der Waals surface area contributed by atoms with Crippen molar-refractivity contribution >= 4 is 30.1 Å². The maximum Gasteiger partial charge on any atom is 0.234 e. The summed E-state index contributed by atoms with van der Waals surface area (Å²) >= 11 is 1.91. The number of carbonyl (C=O) groups is 1. The maximum atomic E-state index is 11.1. The molecule has 5 heteroatoms. The minimum Gasteiger partial charge on any atom is -0.353 e. The fraction of sp³-hybridized carbons (Fsp3) is 0.889. The Labute approximate surface area is 97.2 Å². The number of halogens is 1. The van der Waals surface area contributed by atoms with Crippen LogP contribution in [0.4, 0.5) is 0 Å². The van der Waals surface area contributed by atoms with E-state index >= 15 is 0 Å². The molecular formula is C9H21ClN2OS. The van der Waals surface area contributed by atoms with Gasteiger partial charge in [0.2, 0.25) is 5.91 Å². The lowest BCUT2D eigenvalue weighted by atomic mass is 10.2. The maximum absolute atomic E-state index is 11.1. The monoisotopic (exact) mass is 240 g/mol. The Morgan fingerprint density at radius 2 is 2.14 bits per heavy atom. The van der Waals surface area contributed by atoms with Crippen LogP contribution in [-0.2, 0) is 4.79 Å². The summed E-state index contributed by atoms with van der Waals surface area (Å²) in [5, 5.41) is 5.75. The van der Waals surface area contributed by atoms with Gasteiger partial charge in [-0.05, 0) is 31.9 Å². The molecule has 0 aromatic rings. The number of hydrogen-bond acceptors (Lipinski definition) is 3. The standard InChI is InChI=1S/C9H20N2OS.ClH/c1-4-13-6-5-8(2)11-9(12)7-10-3;/h8,10H,4-7H2,1-3H3,(H,11,12);1H. The van der Waals surface area contributed by atoms with Gasteiger partial charge in [-0.15, -0.1) is 12.4 Å². The molecule has 0 aliphatic carbocycles. The molecule has 0 saturated carbocycles. The van der Waals surface area contributed by atoms with E-state index in [0.717, 1.165) is 17.9 Å². The predicted octanol–water partition coefficient (Wildman–Crippen LogP) is 1.28. The van der Waals surface area contributed by atoms with Gasteiger partial charge in [0.25, 0.3) is 0 Å². The SMILES string of the molecule is CCSCCC(C)NC(=O)CNC.Cl. The summed E-state index contributed by atoms with van der Waals surface area (Å²) in [5.74, 6) is 2.35. The van der Waals surface area contributed by atoms with Crippen LogP contribution < -0.4 is 10.6 Å². The number of likely N-dealkylation sites (N-methyl/N-ethyl adjacent to an activating group) is 1. The molecule has 0 fully saturated rings. The second-order valence-corrected chi connectivity index (χ2v) is 4.38. The van der Waals surface area contributed by atoms with E-state index in [9.17, 15) is 4.79 Å². The fourth-order valence-corrected chi connectivity index (χ4v) is 1.77. The number of hydrogen-bond donors (Lipinski definition) is 2. The van der Waals surface area contributed by atoms with Crippen molar-refractivity contribution < 1.29 is 4.79 Å². The first-order chi connectivity index (χ1) is 6.20. The van der Waals surface area contributed by atoms with Gasteiger partial charge in [0, 0.05) is 6.04 Å². The Morgan fingerprint density at radius 3 is 2.64 bits per heavy atom. The normalized spacial score (nSPS) is 11.6. The first-order valence-electron chi connectivity index (χ1n) is 4.72. The molecule has 0 aliphatic rings. The summed E-state index contributed by atoms with van der Waals surface area (Å²) < 4.78 is 0. The van der Waals surface area contributed by atoms with Crippen LogP contribution in [0.15, 0.2) is 0 Å². The summed E-state index contributed by atoms with van der Waals surface area (Å²) in [4.78, 5) is 11.1. The zero-order valence-electron chi connectivity index (χ0n) is 9.13. The average molecular weight is 241 g/mol. The first kappa shape index (κ1) is 16.5. The van der Waals surface area contributed by atoms with Gasteiger partial charge in [-0.1, -0.05) is 6.92 Å². The highest BCUT2D eigenvalue weighted by Crippen LogP contribution is 2.03. The van der Waals surface area contributed by atoms with E-state index in [0.29, 0.717) is 12.6 Å². The van der Waals surface area contributed by atoms with Crippen LogP contribution in [0.2, 0.25) is 0 Å². The molecule has 14 heavy (non-hydrogen) atoms. The molecule has 86 valence electrons. The Bertz CT molecular complexity index is 147. The van der Waals surface area contributed by atoms with E-state index in [2.05, 4.69) is 17.6 Å². The zero-order valence-corrected chi connectivity index (χ0v) is 10.8. The van der Waals surface area contributed by atoms with E-state index in [4.69, 9.17) is 0 Å². The topological polar surface area (TPSA) is 41.1 Å². The van der Waals surface area contributed by atoms with Crippen LogP contribution in [0.1, 0.15) is 20.3 Å². The molecule has 0 bridgehead atoms. The largest absolute Gasteiger partial charge is 0.353 e. The van der Waals surface area contributed by atoms with Crippen LogP contribution in [0.25, 0.3) is 0 Å². The van der Waals surface area contributed by atoms with Crippen molar-refractivity contribution in [1.82, 2.24) is 10.6 Å². The van der Waals surface area contributed by atoms with Gasteiger partial charge in [0.1, 0.15) is 0 Å². The molecule has 0 aromatic heterocycles. The number of nitrogens with one attached hydrogen (secondary N) is 2. The number of thioether (sulfide) groups is 1. The highest BCUT2D eigenvalue weighted by atomic mass is 35.5. The molecule has 0 saturated heterocycles. The van der Waals surface area contributed by atoms with E-state index in [-0.39, 0.29) is 18.3 Å². The third-order valence-electron chi connectivity index (χ3n) is 1.64. The van der Waals surface area contributed by atoms with Gasteiger partial charge in [0.05, 0.1) is 6.54 Å². The molecule has 0 heterocycles. The van der Waals surface area contributed by atoms with Gasteiger partial charge in [-0.25, -0.2) is 0 Å². The quantitative estimate of drug-likeness (QED) is 0.659. The minimum absolute atomic E-state index is 0. The average Bonchev–Trinajstić information content (AvgIpc) is 2.05. The summed E-state index contributed by atoms with van der Waals surface area (Å²) in [6.45, 7) is 4.60. The number of carbonyl (C=O) groups excluding carboxylic acids is 1. The van der Waals surface area contributed by atoms with Crippen molar-refractivity contribution in [3.05, 3.63) is 0 Å². The van der Waals surface area contributed by atoms with Crippen molar-refractivity contribution in [1.29, 1.82) is 0 Å². The molecule has 0 aliphatic heterocycles. The lowest BCUT2D eigenvalue weighted by Crippen LogP contribution is -2.38. The molecule has 2 N–H and O–H groups in total. The van der Waals surface area contributed by atoms with Crippen LogP contribution in [0, 0.1) is 0 Å².